The topological polar surface area (TPSA) is 51.2 Å². The van der Waals surface area contributed by atoms with E-state index in [1.807, 2.05) is 39.0 Å². The van der Waals surface area contributed by atoms with Crippen LogP contribution in [-0.2, 0) is 4.79 Å². The monoisotopic (exact) mass is 284 g/mol. The molecule has 1 aromatic carbocycles. The van der Waals surface area contributed by atoms with Crippen molar-refractivity contribution in [3.8, 4) is 5.75 Å². The Morgan fingerprint density at radius 1 is 1.29 bits per heavy atom. The molecule has 2 rings (SSSR count). The van der Waals surface area contributed by atoms with Gasteiger partial charge in [-0.15, -0.1) is 0 Å². The molecular weight excluding hydrogens is 264 g/mol. The van der Waals surface area contributed by atoms with Gasteiger partial charge in [-0.25, -0.2) is 0 Å². The standard InChI is InChI=1S/C17H20N2O2/c1-4-16(17(20)19-14-6-5-9-18-11-14)21-15-8-7-12(2)13(3)10-15/h5-11,16H,4H2,1-3H3,(H,19,20)/t16-/m0/s1. The van der Waals surface area contributed by atoms with Crippen LogP contribution in [0.4, 0.5) is 5.69 Å². The van der Waals surface area contributed by atoms with Gasteiger partial charge in [-0.1, -0.05) is 13.0 Å². The van der Waals surface area contributed by atoms with Crippen LogP contribution in [0.5, 0.6) is 5.75 Å². The summed E-state index contributed by atoms with van der Waals surface area (Å²) in [5, 5.41) is 2.81. The first kappa shape index (κ1) is 15.0. The van der Waals surface area contributed by atoms with E-state index in [9.17, 15) is 4.79 Å². The molecule has 21 heavy (non-hydrogen) atoms. The number of amides is 1. The van der Waals surface area contributed by atoms with Crippen molar-refractivity contribution in [1.29, 1.82) is 0 Å². The molecule has 0 fully saturated rings. The average Bonchev–Trinajstić information content (AvgIpc) is 2.49. The number of benzene rings is 1. The third-order valence-electron chi connectivity index (χ3n) is 3.35. The number of carbonyl (C=O) groups is 1. The van der Waals surface area contributed by atoms with E-state index in [0.29, 0.717) is 17.9 Å². The summed E-state index contributed by atoms with van der Waals surface area (Å²) < 4.78 is 5.80. The Hall–Kier alpha value is -2.36. The molecule has 0 spiro atoms. The first-order valence-electron chi connectivity index (χ1n) is 7.05. The maximum Gasteiger partial charge on any atom is 0.265 e. The maximum atomic E-state index is 12.2. The zero-order valence-electron chi connectivity index (χ0n) is 12.6. The first-order valence-corrected chi connectivity index (χ1v) is 7.05. The average molecular weight is 284 g/mol. The summed E-state index contributed by atoms with van der Waals surface area (Å²) in [6.45, 7) is 6.00. The second-order valence-electron chi connectivity index (χ2n) is 4.99. The fraction of sp³-hybridized carbons (Fsp3) is 0.294. The van der Waals surface area contributed by atoms with Gasteiger partial charge in [0.1, 0.15) is 5.75 Å². The number of pyridine rings is 1. The lowest BCUT2D eigenvalue weighted by Gasteiger charge is -2.18. The summed E-state index contributed by atoms with van der Waals surface area (Å²) in [4.78, 5) is 16.2. The molecule has 110 valence electrons. The predicted molar refractivity (Wildman–Crippen MR) is 83.5 cm³/mol. The molecular formula is C17H20N2O2. The van der Waals surface area contributed by atoms with Crippen LogP contribution in [0.25, 0.3) is 0 Å². The minimum atomic E-state index is -0.521. The molecule has 0 bridgehead atoms. The SMILES string of the molecule is CC[C@H](Oc1ccc(C)c(C)c1)C(=O)Nc1cccnc1. The molecule has 1 aromatic heterocycles. The smallest absolute Gasteiger partial charge is 0.265 e. The predicted octanol–water partition coefficient (Wildman–Crippen LogP) is 3.49. The van der Waals surface area contributed by atoms with Crippen molar-refractivity contribution in [2.75, 3.05) is 5.32 Å². The van der Waals surface area contributed by atoms with Gasteiger partial charge in [-0.3, -0.25) is 9.78 Å². The Morgan fingerprint density at radius 3 is 2.71 bits per heavy atom. The lowest BCUT2D eigenvalue weighted by Crippen LogP contribution is -2.32. The van der Waals surface area contributed by atoms with Gasteiger partial charge in [0, 0.05) is 6.20 Å². The summed E-state index contributed by atoms with van der Waals surface area (Å²) in [5.74, 6) is 0.551. The molecule has 0 unspecified atom stereocenters. The van der Waals surface area contributed by atoms with Gasteiger partial charge in [0.05, 0.1) is 11.9 Å². The van der Waals surface area contributed by atoms with E-state index in [1.54, 1.807) is 24.5 Å². The molecule has 0 saturated heterocycles. The highest BCUT2D eigenvalue weighted by Crippen LogP contribution is 2.19. The van der Waals surface area contributed by atoms with Gasteiger partial charge >= 0.3 is 0 Å². The van der Waals surface area contributed by atoms with Crippen molar-refractivity contribution in [3.05, 3.63) is 53.9 Å². The van der Waals surface area contributed by atoms with Gasteiger partial charge in [0.15, 0.2) is 6.10 Å². The van der Waals surface area contributed by atoms with Crippen LogP contribution in [0.15, 0.2) is 42.7 Å². The molecule has 1 amide bonds. The number of hydrogen-bond acceptors (Lipinski definition) is 3. The molecule has 0 aliphatic carbocycles. The zero-order chi connectivity index (χ0) is 15.2. The van der Waals surface area contributed by atoms with Crippen molar-refractivity contribution >= 4 is 11.6 Å². The quantitative estimate of drug-likeness (QED) is 0.914. The van der Waals surface area contributed by atoms with Crippen molar-refractivity contribution in [2.24, 2.45) is 0 Å². The van der Waals surface area contributed by atoms with Crippen LogP contribution in [0.3, 0.4) is 0 Å². The van der Waals surface area contributed by atoms with Crippen LogP contribution < -0.4 is 10.1 Å². The fourth-order valence-electron chi connectivity index (χ4n) is 1.93. The van der Waals surface area contributed by atoms with E-state index in [4.69, 9.17) is 4.74 Å². The van der Waals surface area contributed by atoms with E-state index in [-0.39, 0.29) is 5.91 Å². The molecule has 2 aromatic rings. The molecule has 0 radical (unpaired) electrons. The molecule has 0 aliphatic heterocycles. The highest BCUT2D eigenvalue weighted by atomic mass is 16.5. The Labute approximate surface area is 125 Å². The number of carbonyl (C=O) groups excluding carboxylic acids is 1. The molecule has 4 nitrogen and oxygen atoms in total. The van der Waals surface area contributed by atoms with Crippen molar-refractivity contribution in [2.45, 2.75) is 33.3 Å². The number of anilines is 1. The highest BCUT2D eigenvalue weighted by molar-refractivity contribution is 5.94. The van der Waals surface area contributed by atoms with Crippen molar-refractivity contribution in [1.82, 2.24) is 4.98 Å². The van der Waals surface area contributed by atoms with E-state index in [2.05, 4.69) is 10.3 Å². The molecule has 4 heteroatoms. The van der Waals surface area contributed by atoms with Crippen molar-refractivity contribution in [3.63, 3.8) is 0 Å². The minimum absolute atomic E-state index is 0.163. The number of rotatable bonds is 5. The van der Waals surface area contributed by atoms with Gasteiger partial charge < -0.3 is 10.1 Å². The largest absolute Gasteiger partial charge is 0.481 e. The van der Waals surface area contributed by atoms with Crippen LogP contribution >= 0.6 is 0 Å². The maximum absolute atomic E-state index is 12.2. The molecule has 0 aliphatic rings. The van der Waals surface area contributed by atoms with Crippen molar-refractivity contribution < 1.29 is 9.53 Å². The third kappa shape index (κ3) is 4.05. The Kier molecular flexibility index (Phi) is 4.93. The third-order valence-corrected chi connectivity index (χ3v) is 3.35. The Balaban J connectivity index is 2.05. The number of nitrogens with one attached hydrogen (secondary N) is 1. The fourth-order valence-corrected chi connectivity index (χ4v) is 1.93. The van der Waals surface area contributed by atoms with Gasteiger partial charge in [0.25, 0.3) is 5.91 Å². The minimum Gasteiger partial charge on any atom is -0.481 e. The van der Waals surface area contributed by atoms with Crippen LogP contribution in [0.1, 0.15) is 24.5 Å². The number of hydrogen-bond donors (Lipinski definition) is 1. The number of ether oxygens (including phenoxy) is 1. The second-order valence-corrected chi connectivity index (χ2v) is 4.99. The zero-order valence-corrected chi connectivity index (χ0v) is 12.6. The van der Waals surface area contributed by atoms with Gasteiger partial charge in [0.2, 0.25) is 0 Å². The molecule has 1 atom stereocenters. The molecule has 1 N–H and O–H groups in total. The molecule has 1 heterocycles. The number of aromatic nitrogens is 1. The number of nitrogens with zero attached hydrogens (tertiary/aromatic N) is 1. The van der Waals surface area contributed by atoms with Crippen LogP contribution in [0.2, 0.25) is 0 Å². The lowest BCUT2D eigenvalue weighted by atomic mass is 10.1. The Morgan fingerprint density at radius 2 is 2.10 bits per heavy atom. The summed E-state index contributed by atoms with van der Waals surface area (Å²) in [6, 6.07) is 9.42. The van der Waals surface area contributed by atoms with E-state index in [1.165, 1.54) is 5.56 Å². The summed E-state index contributed by atoms with van der Waals surface area (Å²) in [7, 11) is 0. The summed E-state index contributed by atoms with van der Waals surface area (Å²) in [5.41, 5.74) is 3.02. The molecule has 0 saturated carbocycles. The van der Waals surface area contributed by atoms with E-state index in [0.717, 1.165) is 5.56 Å². The van der Waals surface area contributed by atoms with Crippen LogP contribution in [-0.4, -0.2) is 17.0 Å². The lowest BCUT2D eigenvalue weighted by molar-refractivity contribution is -0.122. The highest BCUT2D eigenvalue weighted by Gasteiger charge is 2.18. The first-order chi connectivity index (χ1) is 10.1. The summed E-state index contributed by atoms with van der Waals surface area (Å²) in [6.07, 6.45) is 3.35. The van der Waals surface area contributed by atoms with Crippen LogP contribution in [0, 0.1) is 13.8 Å². The van der Waals surface area contributed by atoms with Gasteiger partial charge in [-0.2, -0.15) is 0 Å². The summed E-state index contributed by atoms with van der Waals surface area (Å²) >= 11 is 0. The number of aryl methyl sites for hydroxylation is 2. The van der Waals surface area contributed by atoms with E-state index < -0.39 is 6.10 Å². The van der Waals surface area contributed by atoms with E-state index >= 15 is 0 Å². The Bertz CT molecular complexity index is 611. The van der Waals surface area contributed by atoms with Gasteiger partial charge in [-0.05, 0) is 55.7 Å². The second kappa shape index (κ2) is 6.88. The normalized spacial score (nSPS) is 11.8.